The lowest BCUT2D eigenvalue weighted by atomic mass is 9.70. The summed E-state index contributed by atoms with van der Waals surface area (Å²) in [6.45, 7) is 0. The van der Waals surface area contributed by atoms with Crippen molar-refractivity contribution in [3.63, 3.8) is 0 Å². The predicted octanol–water partition coefficient (Wildman–Crippen LogP) is 13.3. The van der Waals surface area contributed by atoms with Crippen LogP contribution in [0.5, 0.6) is 0 Å². The molecule has 1 N–H and O–H groups in total. The Labute approximate surface area is 311 Å². The van der Waals surface area contributed by atoms with Gasteiger partial charge >= 0.3 is 0 Å². The number of para-hydroxylation sites is 3. The van der Waals surface area contributed by atoms with Crippen molar-refractivity contribution in [2.75, 3.05) is 5.32 Å². The molecule has 246 valence electrons. The third-order valence-corrected chi connectivity index (χ3v) is 11.2. The molecule has 2 aliphatic carbocycles. The second-order valence-electron chi connectivity index (χ2n) is 13.5. The number of fused-ring (bicyclic) bond motifs is 13. The Kier molecular flexibility index (Phi) is 7.23. The zero-order valence-electron chi connectivity index (χ0n) is 28.3. The van der Waals surface area contributed by atoms with Crippen LogP contribution in [0.1, 0.15) is 22.3 Å². The van der Waals surface area contributed by atoms with Crippen LogP contribution in [0.15, 0.2) is 199 Å². The number of halogens is 1. The largest absolute Gasteiger partial charge is 0.356 e. The fourth-order valence-corrected chi connectivity index (χ4v) is 9.02. The van der Waals surface area contributed by atoms with Gasteiger partial charge in [0.05, 0.1) is 16.4 Å². The molecule has 0 bridgehead atoms. The first-order valence-electron chi connectivity index (χ1n) is 17.7. The quantitative estimate of drug-likeness (QED) is 0.192. The van der Waals surface area contributed by atoms with Crippen LogP contribution in [-0.4, -0.2) is 4.57 Å². The number of rotatable bonds is 3. The van der Waals surface area contributed by atoms with E-state index in [4.69, 9.17) is 0 Å². The standard InChI is InChI=1S/C25H15Br.C24H18N2/c26-16-13-14-20-19-9-3-6-12-23(19)25(24(20)15-16)21-10-4-1-7-17(21)18-8-2-5-11-22(18)25;1-3-9-18(10-4-1)25-19-15-16-24-22(17-19)21-13-7-8-14-23(21)26(24)20-11-5-2-6-12-20/h1-15H;1-17,25H. The van der Waals surface area contributed by atoms with Crippen molar-refractivity contribution < 1.29 is 0 Å². The van der Waals surface area contributed by atoms with Crippen molar-refractivity contribution in [3.05, 3.63) is 221 Å². The highest BCUT2D eigenvalue weighted by atomic mass is 79.9. The molecule has 1 heterocycles. The molecular formula is C49H33BrN2. The molecule has 0 amide bonds. The average Bonchev–Trinajstić information content (AvgIpc) is 3.80. The normalized spacial score (nSPS) is 12.9. The Balaban J connectivity index is 0.000000130. The van der Waals surface area contributed by atoms with Crippen LogP contribution in [0, 0.1) is 0 Å². The van der Waals surface area contributed by atoms with Gasteiger partial charge in [-0.05, 0) is 105 Å². The molecule has 0 saturated carbocycles. The number of hydrogen-bond donors (Lipinski definition) is 1. The lowest BCUT2D eigenvalue weighted by Gasteiger charge is -2.30. The molecule has 1 spiro atoms. The van der Waals surface area contributed by atoms with E-state index < -0.39 is 0 Å². The molecule has 1 aromatic heterocycles. The highest BCUT2D eigenvalue weighted by Crippen LogP contribution is 2.62. The first-order chi connectivity index (χ1) is 25.7. The molecule has 0 saturated heterocycles. The van der Waals surface area contributed by atoms with Crippen molar-refractivity contribution in [2.45, 2.75) is 5.41 Å². The van der Waals surface area contributed by atoms with E-state index >= 15 is 0 Å². The van der Waals surface area contributed by atoms with E-state index in [-0.39, 0.29) is 5.41 Å². The van der Waals surface area contributed by atoms with E-state index in [0.29, 0.717) is 0 Å². The third-order valence-electron chi connectivity index (χ3n) is 10.7. The smallest absolute Gasteiger partial charge is 0.0725 e. The Bertz CT molecular complexity index is 2720. The molecule has 0 atom stereocenters. The molecule has 2 nitrogen and oxygen atoms in total. The third kappa shape index (κ3) is 4.63. The second kappa shape index (κ2) is 12.3. The zero-order valence-corrected chi connectivity index (χ0v) is 29.9. The predicted molar refractivity (Wildman–Crippen MR) is 221 cm³/mol. The van der Waals surface area contributed by atoms with Gasteiger partial charge in [0, 0.05) is 32.3 Å². The molecule has 0 radical (unpaired) electrons. The molecule has 0 aliphatic heterocycles. The lowest BCUT2D eigenvalue weighted by Crippen LogP contribution is -2.25. The number of aromatic nitrogens is 1. The molecule has 0 unspecified atom stereocenters. The molecule has 0 fully saturated rings. The number of nitrogens with one attached hydrogen (secondary N) is 1. The molecule has 11 rings (SSSR count). The summed E-state index contributed by atoms with van der Waals surface area (Å²) in [6, 6.07) is 69.4. The highest BCUT2D eigenvalue weighted by Gasteiger charge is 2.51. The number of anilines is 2. The van der Waals surface area contributed by atoms with Crippen LogP contribution in [0.2, 0.25) is 0 Å². The van der Waals surface area contributed by atoms with Crippen LogP contribution in [-0.2, 0) is 5.41 Å². The zero-order chi connectivity index (χ0) is 34.6. The Hall–Kier alpha value is -6.16. The van der Waals surface area contributed by atoms with Crippen molar-refractivity contribution in [3.8, 4) is 27.9 Å². The van der Waals surface area contributed by atoms with Gasteiger partial charge in [0.25, 0.3) is 0 Å². The lowest BCUT2D eigenvalue weighted by molar-refractivity contribution is 0.793. The summed E-state index contributed by atoms with van der Waals surface area (Å²) in [4.78, 5) is 0. The fourth-order valence-electron chi connectivity index (χ4n) is 8.66. The van der Waals surface area contributed by atoms with Gasteiger partial charge < -0.3 is 9.88 Å². The van der Waals surface area contributed by atoms with Crippen molar-refractivity contribution >= 4 is 49.1 Å². The van der Waals surface area contributed by atoms with E-state index in [0.717, 1.165) is 15.8 Å². The minimum absolute atomic E-state index is 0.219. The first kappa shape index (κ1) is 30.6. The SMILES string of the molecule is Brc1ccc2c(c1)C1(c3ccccc3-c3ccccc31)c1ccccc1-2.c1ccc(Nc2ccc3c(c2)c2ccccc2n3-c2ccccc2)cc1. The maximum absolute atomic E-state index is 3.72. The minimum Gasteiger partial charge on any atom is -0.356 e. The first-order valence-corrected chi connectivity index (χ1v) is 18.5. The van der Waals surface area contributed by atoms with Crippen molar-refractivity contribution in [1.82, 2.24) is 4.57 Å². The van der Waals surface area contributed by atoms with Crippen molar-refractivity contribution in [1.29, 1.82) is 0 Å². The summed E-state index contributed by atoms with van der Waals surface area (Å²) in [7, 11) is 0. The summed E-state index contributed by atoms with van der Waals surface area (Å²) >= 11 is 3.72. The molecular weight excluding hydrogens is 696 g/mol. The summed E-state index contributed by atoms with van der Waals surface area (Å²) in [6.07, 6.45) is 0. The van der Waals surface area contributed by atoms with E-state index in [9.17, 15) is 0 Å². The van der Waals surface area contributed by atoms with Gasteiger partial charge in [0.1, 0.15) is 0 Å². The monoisotopic (exact) mass is 728 g/mol. The minimum atomic E-state index is -0.219. The van der Waals surface area contributed by atoms with Crippen LogP contribution in [0.4, 0.5) is 11.4 Å². The number of hydrogen-bond acceptors (Lipinski definition) is 1. The Morgan fingerprint density at radius 2 is 0.904 bits per heavy atom. The van der Waals surface area contributed by atoms with Gasteiger partial charge in [-0.1, -0.05) is 149 Å². The molecule has 2 aliphatic rings. The summed E-state index contributed by atoms with van der Waals surface area (Å²) in [5.41, 5.74) is 16.6. The van der Waals surface area contributed by atoms with Gasteiger partial charge in [-0.3, -0.25) is 0 Å². The fraction of sp³-hybridized carbons (Fsp3) is 0.0204. The highest BCUT2D eigenvalue weighted by molar-refractivity contribution is 9.10. The van der Waals surface area contributed by atoms with Crippen LogP contribution < -0.4 is 5.32 Å². The molecule has 9 aromatic rings. The molecule has 52 heavy (non-hydrogen) atoms. The topological polar surface area (TPSA) is 17.0 Å². The van der Waals surface area contributed by atoms with Crippen molar-refractivity contribution in [2.24, 2.45) is 0 Å². The number of nitrogens with zero attached hydrogens (tertiary/aromatic N) is 1. The van der Waals surface area contributed by atoms with E-state index in [1.54, 1.807) is 0 Å². The molecule has 3 heteroatoms. The van der Waals surface area contributed by atoms with E-state index in [1.807, 2.05) is 18.2 Å². The van der Waals surface area contributed by atoms with E-state index in [2.05, 4.69) is 202 Å². The summed E-state index contributed by atoms with van der Waals surface area (Å²) < 4.78 is 3.46. The maximum Gasteiger partial charge on any atom is 0.0725 e. The van der Waals surface area contributed by atoms with Crippen LogP contribution in [0.3, 0.4) is 0 Å². The van der Waals surface area contributed by atoms with Gasteiger partial charge in [0.2, 0.25) is 0 Å². The van der Waals surface area contributed by atoms with Gasteiger partial charge in [0.15, 0.2) is 0 Å². The van der Waals surface area contributed by atoms with Gasteiger partial charge in [-0.15, -0.1) is 0 Å². The van der Waals surface area contributed by atoms with Gasteiger partial charge in [-0.25, -0.2) is 0 Å². The summed E-state index contributed by atoms with van der Waals surface area (Å²) in [5.74, 6) is 0. The number of benzene rings is 8. The Morgan fingerprint density at radius 1 is 0.385 bits per heavy atom. The second-order valence-corrected chi connectivity index (χ2v) is 14.4. The van der Waals surface area contributed by atoms with Crippen LogP contribution >= 0.6 is 15.9 Å². The Morgan fingerprint density at radius 3 is 1.56 bits per heavy atom. The summed E-state index contributed by atoms with van der Waals surface area (Å²) in [5, 5.41) is 6.02. The average molecular weight is 730 g/mol. The van der Waals surface area contributed by atoms with E-state index in [1.165, 1.54) is 72.0 Å². The van der Waals surface area contributed by atoms with Gasteiger partial charge in [-0.2, -0.15) is 0 Å². The maximum atomic E-state index is 3.72. The molecule has 8 aromatic carbocycles. The van der Waals surface area contributed by atoms with Crippen LogP contribution in [0.25, 0.3) is 49.7 Å².